The number of halogens is 1. The molecule has 0 amide bonds. The van der Waals surface area contributed by atoms with Crippen molar-refractivity contribution in [2.24, 2.45) is 0 Å². The summed E-state index contributed by atoms with van der Waals surface area (Å²) in [7, 11) is 0. The fourth-order valence-corrected chi connectivity index (χ4v) is 3.10. The Morgan fingerprint density at radius 1 is 1.17 bits per heavy atom. The molecule has 0 saturated carbocycles. The van der Waals surface area contributed by atoms with Crippen LogP contribution in [0.25, 0.3) is 0 Å². The van der Waals surface area contributed by atoms with Crippen molar-refractivity contribution in [1.82, 2.24) is 0 Å². The van der Waals surface area contributed by atoms with Gasteiger partial charge in [0.05, 0.1) is 0 Å². The molecule has 0 spiro atoms. The molecule has 0 fully saturated rings. The first-order valence-corrected chi connectivity index (χ1v) is 7.59. The summed E-state index contributed by atoms with van der Waals surface area (Å²) in [5.41, 5.74) is 1.00. The Hall–Kier alpha value is -1.13. The molecule has 0 atom stereocenters. The van der Waals surface area contributed by atoms with E-state index in [9.17, 15) is 4.79 Å². The fourth-order valence-electron chi connectivity index (χ4n) is 1.51. The maximum absolute atomic E-state index is 11.8. The summed E-state index contributed by atoms with van der Waals surface area (Å²) in [6, 6.07) is 13.5. The van der Waals surface area contributed by atoms with Gasteiger partial charge >= 0.3 is 5.97 Å². The summed E-state index contributed by atoms with van der Waals surface area (Å²) in [6.45, 7) is 0.325. The molecule has 2 aromatic rings. The van der Waals surface area contributed by atoms with E-state index in [1.54, 1.807) is 0 Å². The molecular formula is C14H13BrO2S. The summed E-state index contributed by atoms with van der Waals surface area (Å²) >= 11 is 4.88. The maximum Gasteiger partial charge on any atom is 0.348 e. The molecule has 0 bridgehead atoms. The molecule has 1 aromatic carbocycles. The zero-order valence-corrected chi connectivity index (χ0v) is 12.2. The first-order chi connectivity index (χ1) is 8.79. The Labute approximate surface area is 119 Å². The molecule has 0 unspecified atom stereocenters. The van der Waals surface area contributed by atoms with Crippen molar-refractivity contribution in [2.75, 3.05) is 5.33 Å². The predicted molar refractivity (Wildman–Crippen MR) is 77.4 cm³/mol. The van der Waals surface area contributed by atoms with Crippen LogP contribution in [0.15, 0.2) is 42.5 Å². The van der Waals surface area contributed by atoms with Crippen LogP contribution in [0.4, 0.5) is 0 Å². The van der Waals surface area contributed by atoms with Crippen molar-refractivity contribution in [3.05, 3.63) is 57.8 Å². The molecule has 0 aliphatic heterocycles. The Kier molecular flexibility index (Phi) is 4.96. The van der Waals surface area contributed by atoms with E-state index in [1.807, 2.05) is 42.5 Å². The number of rotatable bonds is 5. The van der Waals surface area contributed by atoms with Crippen molar-refractivity contribution in [2.45, 2.75) is 13.0 Å². The number of aryl methyl sites for hydroxylation is 1. The van der Waals surface area contributed by atoms with Gasteiger partial charge in [0.25, 0.3) is 0 Å². The van der Waals surface area contributed by atoms with E-state index in [-0.39, 0.29) is 5.97 Å². The van der Waals surface area contributed by atoms with Crippen LogP contribution in [0.5, 0.6) is 0 Å². The van der Waals surface area contributed by atoms with Gasteiger partial charge in [0.2, 0.25) is 0 Å². The second kappa shape index (κ2) is 6.71. The lowest BCUT2D eigenvalue weighted by Gasteiger charge is -2.02. The third kappa shape index (κ3) is 3.68. The van der Waals surface area contributed by atoms with Gasteiger partial charge in [0, 0.05) is 10.2 Å². The number of alkyl halides is 1. The Balaban J connectivity index is 1.91. The van der Waals surface area contributed by atoms with Crippen molar-refractivity contribution in [3.8, 4) is 0 Å². The highest BCUT2D eigenvalue weighted by Gasteiger charge is 2.10. The van der Waals surface area contributed by atoms with Gasteiger partial charge < -0.3 is 4.74 Å². The van der Waals surface area contributed by atoms with Crippen LogP contribution in [0.1, 0.15) is 20.1 Å². The number of carbonyl (C=O) groups is 1. The van der Waals surface area contributed by atoms with Gasteiger partial charge in [-0.1, -0.05) is 46.3 Å². The zero-order valence-electron chi connectivity index (χ0n) is 9.77. The smallest absolute Gasteiger partial charge is 0.348 e. The Bertz CT molecular complexity index is 508. The Morgan fingerprint density at radius 3 is 2.67 bits per heavy atom. The van der Waals surface area contributed by atoms with Crippen LogP contribution in [-0.4, -0.2) is 11.3 Å². The van der Waals surface area contributed by atoms with Gasteiger partial charge in [-0.15, -0.1) is 11.3 Å². The highest BCUT2D eigenvalue weighted by Crippen LogP contribution is 2.19. The molecule has 2 rings (SSSR count). The standard InChI is InChI=1S/C14H13BrO2S/c15-9-8-12-6-7-13(18-12)14(16)17-10-11-4-2-1-3-5-11/h1-7H,8-10H2. The highest BCUT2D eigenvalue weighted by atomic mass is 79.9. The lowest BCUT2D eigenvalue weighted by Crippen LogP contribution is -2.02. The minimum Gasteiger partial charge on any atom is -0.457 e. The number of hydrogen-bond acceptors (Lipinski definition) is 3. The van der Waals surface area contributed by atoms with Crippen LogP contribution in [0.2, 0.25) is 0 Å². The van der Waals surface area contributed by atoms with Gasteiger partial charge in [-0.25, -0.2) is 4.79 Å². The monoisotopic (exact) mass is 324 g/mol. The average Bonchev–Trinajstić information content (AvgIpc) is 2.86. The van der Waals surface area contributed by atoms with E-state index in [0.717, 1.165) is 17.3 Å². The molecule has 0 aliphatic rings. The van der Waals surface area contributed by atoms with Crippen molar-refractivity contribution < 1.29 is 9.53 Å². The second-order valence-corrected chi connectivity index (χ2v) is 5.73. The summed E-state index contributed by atoms with van der Waals surface area (Å²) in [6.07, 6.45) is 0.941. The van der Waals surface area contributed by atoms with Gasteiger partial charge in [-0.3, -0.25) is 0 Å². The van der Waals surface area contributed by atoms with Crippen LogP contribution < -0.4 is 0 Å². The molecule has 0 aliphatic carbocycles. The molecular weight excluding hydrogens is 312 g/mol. The minimum absolute atomic E-state index is 0.246. The summed E-state index contributed by atoms with van der Waals surface area (Å²) < 4.78 is 5.27. The lowest BCUT2D eigenvalue weighted by molar-refractivity contribution is 0.0478. The second-order valence-electron chi connectivity index (χ2n) is 3.77. The van der Waals surface area contributed by atoms with Crippen LogP contribution >= 0.6 is 27.3 Å². The average molecular weight is 325 g/mol. The van der Waals surface area contributed by atoms with Gasteiger partial charge in [-0.2, -0.15) is 0 Å². The summed E-state index contributed by atoms with van der Waals surface area (Å²) in [5.74, 6) is -0.246. The van der Waals surface area contributed by atoms with E-state index in [4.69, 9.17) is 4.74 Å². The number of ether oxygens (including phenoxy) is 1. The highest BCUT2D eigenvalue weighted by molar-refractivity contribution is 9.09. The minimum atomic E-state index is -0.246. The number of thiophene rings is 1. The fraction of sp³-hybridized carbons (Fsp3) is 0.214. The molecule has 1 aromatic heterocycles. The quantitative estimate of drug-likeness (QED) is 0.612. The molecule has 4 heteroatoms. The third-order valence-electron chi connectivity index (χ3n) is 2.42. The maximum atomic E-state index is 11.8. The van der Waals surface area contributed by atoms with E-state index in [1.165, 1.54) is 16.2 Å². The number of benzene rings is 1. The summed E-state index contributed by atoms with van der Waals surface area (Å²) in [5, 5.41) is 0.909. The molecule has 0 radical (unpaired) electrons. The number of carbonyl (C=O) groups excluding carboxylic acids is 1. The largest absolute Gasteiger partial charge is 0.457 e. The summed E-state index contributed by atoms with van der Waals surface area (Å²) in [4.78, 5) is 13.7. The topological polar surface area (TPSA) is 26.3 Å². The SMILES string of the molecule is O=C(OCc1ccccc1)c1ccc(CCBr)s1. The number of hydrogen-bond donors (Lipinski definition) is 0. The van der Waals surface area contributed by atoms with Crippen molar-refractivity contribution in [3.63, 3.8) is 0 Å². The molecule has 1 heterocycles. The van der Waals surface area contributed by atoms with Crippen molar-refractivity contribution >= 4 is 33.2 Å². The number of esters is 1. The lowest BCUT2D eigenvalue weighted by atomic mass is 10.2. The van der Waals surface area contributed by atoms with Gasteiger partial charge in [-0.05, 0) is 24.1 Å². The molecule has 0 saturated heterocycles. The van der Waals surface area contributed by atoms with Gasteiger partial charge in [0.1, 0.15) is 11.5 Å². The van der Waals surface area contributed by atoms with Gasteiger partial charge in [0.15, 0.2) is 0 Å². The predicted octanol–water partition coefficient (Wildman–Crippen LogP) is 4.04. The molecule has 94 valence electrons. The third-order valence-corrected chi connectivity index (χ3v) is 3.94. The normalized spacial score (nSPS) is 10.3. The molecule has 0 N–H and O–H groups in total. The molecule has 18 heavy (non-hydrogen) atoms. The van der Waals surface area contributed by atoms with E-state index < -0.39 is 0 Å². The van der Waals surface area contributed by atoms with Crippen molar-refractivity contribution in [1.29, 1.82) is 0 Å². The van der Waals surface area contributed by atoms with Crippen LogP contribution in [0.3, 0.4) is 0 Å². The zero-order chi connectivity index (χ0) is 12.8. The molecule has 2 nitrogen and oxygen atoms in total. The van der Waals surface area contributed by atoms with E-state index in [2.05, 4.69) is 15.9 Å². The Morgan fingerprint density at radius 2 is 1.94 bits per heavy atom. The van der Waals surface area contributed by atoms with Crippen LogP contribution in [0, 0.1) is 0 Å². The first kappa shape index (κ1) is 13.3. The first-order valence-electron chi connectivity index (χ1n) is 5.65. The van der Waals surface area contributed by atoms with E-state index in [0.29, 0.717) is 11.5 Å². The van der Waals surface area contributed by atoms with E-state index >= 15 is 0 Å². The van der Waals surface area contributed by atoms with Crippen LogP contribution in [-0.2, 0) is 17.8 Å².